The Labute approximate surface area is 127 Å². The average molecular weight is 287 g/mol. The summed E-state index contributed by atoms with van der Waals surface area (Å²) in [5.41, 5.74) is 2.22. The molecule has 1 unspecified atom stereocenters. The summed E-state index contributed by atoms with van der Waals surface area (Å²) in [5.74, 6) is 7.89. The summed E-state index contributed by atoms with van der Waals surface area (Å²) in [7, 11) is 3.86. The highest BCUT2D eigenvalue weighted by atomic mass is 16.5. The van der Waals surface area contributed by atoms with Gasteiger partial charge in [-0.05, 0) is 56.5 Å². The molecular formula is C18H25NO2. The van der Waals surface area contributed by atoms with E-state index in [0.717, 1.165) is 23.8 Å². The van der Waals surface area contributed by atoms with Crippen molar-refractivity contribution in [1.82, 2.24) is 4.90 Å². The molecule has 0 saturated heterocycles. The number of hydrogen-bond acceptors (Lipinski definition) is 3. The maximum atomic E-state index is 8.85. The molecule has 0 aliphatic heterocycles. The first kappa shape index (κ1) is 15.9. The monoisotopic (exact) mass is 287 g/mol. The van der Waals surface area contributed by atoms with Crippen LogP contribution in [0.15, 0.2) is 18.2 Å². The first-order valence-electron chi connectivity index (χ1n) is 7.62. The van der Waals surface area contributed by atoms with Gasteiger partial charge in [-0.3, -0.25) is 4.90 Å². The SMILES string of the molecule is COc1ccc(C#CCCO)c(CN(C)C(C)C2CC2)c1. The van der Waals surface area contributed by atoms with Crippen molar-refractivity contribution in [3.8, 4) is 17.6 Å². The lowest BCUT2D eigenvalue weighted by molar-refractivity contribution is 0.226. The van der Waals surface area contributed by atoms with Crippen LogP contribution in [0.2, 0.25) is 0 Å². The van der Waals surface area contributed by atoms with Gasteiger partial charge in [0.25, 0.3) is 0 Å². The predicted octanol–water partition coefficient (Wildman–Crippen LogP) is 2.66. The Bertz CT molecular complexity index is 526. The molecule has 1 fully saturated rings. The van der Waals surface area contributed by atoms with Crippen molar-refractivity contribution in [2.24, 2.45) is 5.92 Å². The van der Waals surface area contributed by atoms with Gasteiger partial charge in [-0.1, -0.05) is 11.8 Å². The van der Waals surface area contributed by atoms with E-state index in [1.54, 1.807) is 7.11 Å². The molecule has 0 aromatic heterocycles. The number of hydrogen-bond donors (Lipinski definition) is 1. The summed E-state index contributed by atoms with van der Waals surface area (Å²) in [6, 6.07) is 6.62. The molecule has 1 saturated carbocycles. The molecule has 1 N–H and O–H groups in total. The fourth-order valence-corrected chi connectivity index (χ4v) is 2.51. The van der Waals surface area contributed by atoms with Crippen molar-refractivity contribution in [2.75, 3.05) is 20.8 Å². The molecule has 1 atom stereocenters. The van der Waals surface area contributed by atoms with E-state index in [1.165, 1.54) is 18.4 Å². The quantitative estimate of drug-likeness (QED) is 0.817. The molecule has 1 aliphatic carbocycles. The maximum absolute atomic E-state index is 8.85. The number of rotatable bonds is 6. The van der Waals surface area contributed by atoms with Gasteiger partial charge in [-0.2, -0.15) is 0 Å². The first-order valence-corrected chi connectivity index (χ1v) is 7.62. The Morgan fingerprint density at radius 3 is 2.81 bits per heavy atom. The molecule has 3 heteroatoms. The Morgan fingerprint density at radius 2 is 2.19 bits per heavy atom. The summed E-state index contributed by atoms with van der Waals surface area (Å²) in [4.78, 5) is 2.39. The lowest BCUT2D eigenvalue weighted by Gasteiger charge is -2.25. The zero-order valence-electron chi connectivity index (χ0n) is 13.2. The van der Waals surface area contributed by atoms with Gasteiger partial charge >= 0.3 is 0 Å². The van der Waals surface area contributed by atoms with Crippen molar-refractivity contribution >= 4 is 0 Å². The van der Waals surface area contributed by atoms with Crippen molar-refractivity contribution in [2.45, 2.75) is 38.8 Å². The fraction of sp³-hybridized carbons (Fsp3) is 0.556. The third kappa shape index (κ3) is 4.49. The van der Waals surface area contributed by atoms with E-state index in [0.29, 0.717) is 12.5 Å². The summed E-state index contributed by atoms with van der Waals surface area (Å²) in [6.07, 6.45) is 3.22. The van der Waals surface area contributed by atoms with E-state index < -0.39 is 0 Å². The molecule has 0 spiro atoms. The second kappa shape index (κ2) is 7.49. The van der Waals surface area contributed by atoms with E-state index in [2.05, 4.69) is 36.8 Å². The van der Waals surface area contributed by atoms with Crippen LogP contribution in [0.4, 0.5) is 0 Å². The maximum Gasteiger partial charge on any atom is 0.119 e. The number of nitrogens with zero attached hydrogens (tertiary/aromatic N) is 1. The van der Waals surface area contributed by atoms with Gasteiger partial charge < -0.3 is 9.84 Å². The molecule has 1 aromatic carbocycles. The zero-order chi connectivity index (χ0) is 15.2. The van der Waals surface area contributed by atoms with Crippen molar-refractivity contribution in [1.29, 1.82) is 0 Å². The standard InChI is InChI=1S/C18H25NO2/c1-14(15-7-8-15)19(2)13-17-12-18(21-3)10-9-16(17)6-4-5-11-20/h9-10,12,14-15,20H,5,7-8,11,13H2,1-3H3. The third-order valence-electron chi connectivity index (χ3n) is 4.19. The second-order valence-electron chi connectivity index (χ2n) is 5.79. The van der Waals surface area contributed by atoms with Crippen molar-refractivity contribution in [3.05, 3.63) is 29.3 Å². The van der Waals surface area contributed by atoms with Crippen LogP contribution in [-0.2, 0) is 6.54 Å². The smallest absolute Gasteiger partial charge is 0.119 e. The molecule has 1 aliphatic rings. The number of ether oxygens (including phenoxy) is 1. The van der Waals surface area contributed by atoms with Gasteiger partial charge in [0.15, 0.2) is 0 Å². The Hall–Kier alpha value is -1.50. The second-order valence-corrected chi connectivity index (χ2v) is 5.79. The van der Waals surface area contributed by atoms with Crippen molar-refractivity contribution in [3.63, 3.8) is 0 Å². The van der Waals surface area contributed by atoms with Gasteiger partial charge in [0.1, 0.15) is 5.75 Å². The topological polar surface area (TPSA) is 32.7 Å². The highest BCUT2D eigenvalue weighted by Gasteiger charge is 2.30. The predicted molar refractivity (Wildman–Crippen MR) is 85.2 cm³/mol. The zero-order valence-corrected chi connectivity index (χ0v) is 13.2. The number of methoxy groups -OCH3 is 1. The Balaban J connectivity index is 2.15. The van der Waals surface area contributed by atoms with Crippen LogP contribution >= 0.6 is 0 Å². The molecule has 1 aromatic rings. The molecule has 21 heavy (non-hydrogen) atoms. The molecule has 0 bridgehead atoms. The summed E-state index contributed by atoms with van der Waals surface area (Å²) >= 11 is 0. The molecule has 0 radical (unpaired) electrons. The number of benzene rings is 1. The normalized spacial score (nSPS) is 15.5. The van der Waals surface area contributed by atoms with Gasteiger partial charge in [-0.15, -0.1) is 0 Å². The molecule has 3 nitrogen and oxygen atoms in total. The number of aliphatic hydroxyl groups is 1. The van der Waals surface area contributed by atoms with Crippen molar-refractivity contribution < 1.29 is 9.84 Å². The lowest BCUT2D eigenvalue weighted by Crippen LogP contribution is -2.30. The van der Waals surface area contributed by atoms with Crippen LogP contribution in [0.3, 0.4) is 0 Å². The van der Waals surface area contributed by atoms with E-state index in [4.69, 9.17) is 9.84 Å². The van der Waals surface area contributed by atoms with E-state index >= 15 is 0 Å². The minimum atomic E-state index is 0.108. The van der Waals surface area contributed by atoms with Crippen LogP contribution in [0.1, 0.15) is 37.3 Å². The fourth-order valence-electron chi connectivity index (χ4n) is 2.51. The van der Waals surface area contributed by atoms with Crippen LogP contribution in [0.25, 0.3) is 0 Å². The third-order valence-corrected chi connectivity index (χ3v) is 4.19. The van der Waals surface area contributed by atoms with Crippen LogP contribution in [-0.4, -0.2) is 36.8 Å². The number of aliphatic hydroxyl groups excluding tert-OH is 1. The first-order chi connectivity index (χ1) is 10.2. The minimum Gasteiger partial charge on any atom is -0.497 e. The van der Waals surface area contributed by atoms with E-state index in [9.17, 15) is 0 Å². The highest BCUT2D eigenvalue weighted by Crippen LogP contribution is 2.35. The van der Waals surface area contributed by atoms with Crippen LogP contribution in [0, 0.1) is 17.8 Å². The van der Waals surface area contributed by atoms with Gasteiger partial charge in [0, 0.05) is 24.6 Å². The minimum absolute atomic E-state index is 0.108. The van der Waals surface area contributed by atoms with E-state index in [-0.39, 0.29) is 6.61 Å². The molecule has 0 amide bonds. The summed E-state index contributed by atoms with van der Waals surface area (Å²) < 4.78 is 5.33. The van der Waals surface area contributed by atoms with Gasteiger partial charge in [-0.25, -0.2) is 0 Å². The highest BCUT2D eigenvalue weighted by molar-refractivity contribution is 5.45. The van der Waals surface area contributed by atoms with Gasteiger partial charge in [0.2, 0.25) is 0 Å². The van der Waals surface area contributed by atoms with Gasteiger partial charge in [0.05, 0.1) is 13.7 Å². The lowest BCUT2D eigenvalue weighted by atomic mass is 10.1. The van der Waals surface area contributed by atoms with Crippen LogP contribution < -0.4 is 4.74 Å². The largest absolute Gasteiger partial charge is 0.497 e. The molecular weight excluding hydrogens is 262 g/mol. The summed E-state index contributed by atoms with van der Waals surface area (Å²) in [6.45, 7) is 3.28. The molecule has 114 valence electrons. The van der Waals surface area contributed by atoms with E-state index in [1.807, 2.05) is 12.1 Å². The Morgan fingerprint density at radius 1 is 1.43 bits per heavy atom. The van der Waals surface area contributed by atoms with Crippen LogP contribution in [0.5, 0.6) is 5.75 Å². The summed E-state index contributed by atoms with van der Waals surface area (Å²) in [5, 5.41) is 8.85. The molecule has 0 heterocycles. The average Bonchev–Trinajstić information content (AvgIpc) is 3.32. The Kier molecular flexibility index (Phi) is 5.67. The molecule has 2 rings (SSSR count).